The van der Waals surface area contributed by atoms with E-state index in [2.05, 4.69) is 10.6 Å². The molecule has 27 heavy (non-hydrogen) atoms. The van der Waals surface area contributed by atoms with Crippen LogP contribution in [0.15, 0.2) is 60.0 Å². The molecule has 0 unspecified atom stereocenters. The van der Waals surface area contributed by atoms with Crippen LogP contribution in [0.5, 0.6) is 0 Å². The molecule has 0 aliphatic carbocycles. The summed E-state index contributed by atoms with van der Waals surface area (Å²) in [6.07, 6.45) is 0. The summed E-state index contributed by atoms with van der Waals surface area (Å²) in [5, 5.41) is 7.13. The van der Waals surface area contributed by atoms with Gasteiger partial charge in [0.1, 0.15) is 0 Å². The first-order valence-corrected chi connectivity index (χ1v) is 10.0. The molecule has 2 N–H and O–H groups in total. The van der Waals surface area contributed by atoms with Crippen LogP contribution in [0.2, 0.25) is 0 Å². The zero-order chi connectivity index (χ0) is 19.2. The minimum atomic E-state index is -0.697. The van der Waals surface area contributed by atoms with Gasteiger partial charge >= 0.3 is 11.8 Å². The molecule has 0 aliphatic heterocycles. The van der Waals surface area contributed by atoms with E-state index in [1.165, 1.54) is 22.7 Å². The molecule has 5 nitrogen and oxygen atoms in total. The molecule has 0 saturated heterocycles. The molecule has 0 bridgehead atoms. The molecule has 138 valence electrons. The zero-order valence-electron chi connectivity index (χ0n) is 14.6. The molecule has 2 aromatic heterocycles. The van der Waals surface area contributed by atoms with Crippen molar-refractivity contribution in [1.29, 1.82) is 0 Å². The molecule has 7 heteroatoms. The first-order chi connectivity index (χ1) is 13.0. The first kappa shape index (κ1) is 19.0. The van der Waals surface area contributed by atoms with E-state index in [9.17, 15) is 14.4 Å². The number of carbonyl (C=O) groups is 3. The molecule has 3 aromatic rings. The molecule has 0 radical (unpaired) electrons. The van der Waals surface area contributed by atoms with Gasteiger partial charge in [-0.2, -0.15) is 0 Å². The van der Waals surface area contributed by atoms with Gasteiger partial charge in [-0.05, 0) is 36.1 Å². The van der Waals surface area contributed by atoms with E-state index in [0.717, 1.165) is 10.4 Å². The van der Waals surface area contributed by atoms with Crippen molar-refractivity contribution in [2.24, 2.45) is 0 Å². The zero-order valence-corrected chi connectivity index (χ0v) is 16.2. The van der Waals surface area contributed by atoms with Gasteiger partial charge in [-0.1, -0.05) is 36.4 Å². The number of nitrogens with one attached hydrogen (secondary N) is 2. The third kappa shape index (κ3) is 4.90. The van der Waals surface area contributed by atoms with Gasteiger partial charge in [0, 0.05) is 4.88 Å². The number of amides is 2. The first-order valence-electron chi connectivity index (χ1n) is 8.35. The Morgan fingerprint density at radius 1 is 0.926 bits per heavy atom. The fourth-order valence-electron chi connectivity index (χ4n) is 2.46. The van der Waals surface area contributed by atoms with E-state index in [4.69, 9.17) is 0 Å². The fourth-order valence-corrected chi connectivity index (χ4v) is 4.10. The van der Waals surface area contributed by atoms with E-state index in [-0.39, 0.29) is 18.4 Å². The highest BCUT2D eigenvalue weighted by Crippen LogP contribution is 2.22. The van der Waals surface area contributed by atoms with Crippen molar-refractivity contribution in [2.45, 2.75) is 19.5 Å². The molecular weight excluding hydrogens is 380 g/mol. The van der Waals surface area contributed by atoms with E-state index in [1.54, 1.807) is 18.2 Å². The van der Waals surface area contributed by atoms with Gasteiger partial charge in [0.25, 0.3) is 0 Å². The van der Waals surface area contributed by atoms with Crippen molar-refractivity contribution in [2.75, 3.05) is 0 Å². The molecule has 0 fully saturated rings. The van der Waals surface area contributed by atoms with E-state index in [0.29, 0.717) is 9.75 Å². The van der Waals surface area contributed by atoms with E-state index < -0.39 is 11.8 Å². The van der Waals surface area contributed by atoms with Crippen LogP contribution < -0.4 is 10.6 Å². The Hall–Kier alpha value is -2.77. The normalized spacial score (nSPS) is 11.6. The number of benzene rings is 1. The topological polar surface area (TPSA) is 75.3 Å². The largest absolute Gasteiger partial charge is 0.343 e. The summed E-state index contributed by atoms with van der Waals surface area (Å²) in [7, 11) is 0. The van der Waals surface area contributed by atoms with Crippen LogP contribution in [0.25, 0.3) is 0 Å². The summed E-state index contributed by atoms with van der Waals surface area (Å²) >= 11 is 2.71. The number of thiophene rings is 2. The quantitative estimate of drug-likeness (QED) is 0.493. The van der Waals surface area contributed by atoms with Crippen LogP contribution in [0.1, 0.15) is 38.0 Å². The third-order valence-corrected chi connectivity index (χ3v) is 5.86. The van der Waals surface area contributed by atoms with E-state index >= 15 is 0 Å². The summed E-state index contributed by atoms with van der Waals surface area (Å²) in [6, 6.07) is 16.3. The van der Waals surface area contributed by atoms with Gasteiger partial charge in [-0.25, -0.2) is 0 Å². The number of carbonyl (C=O) groups excluding carboxylic acids is 3. The summed E-state index contributed by atoms with van der Waals surface area (Å²) in [4.78, 5) is 38.5. The lowest BCUT2D eigenvalue weighted by Gasteiger charge is -2.13. The number of hydrogen-bond donors (Lipinski definition) is 2. The number of hydrogen-bond acceptors (Lipinski definition) is 5. The van der Waals surface area contributed by atoms with Gasteiger partial charge in [-0.3, -0.25) is 14.4 Å². The van der Waals surface area contributed by atoms with Crippen LogP contribution in [0.3, 0.4) is 0 Å². The molecule has 0 aliphatic rings. The van der Waals surface area contributed by atoms with Crippen LogP contribution in [-0.4, -0.2) is 17.6 Å². The van der Waals surface area contributed by atoms with Crippen molar-refractivity contribution in [3.05, 3.63) is 80.2 Å². The Bertz CT molecular complexity index is 933. The maximum atomic E-state index is 12.3. The maximum Gasteiger partial charge on any atom is 0.309 e. The van der Waals surface area contributed by atoms with Crippen LogP contribution in [-0.2, 0) is 16.1 Å². The van der Waals surface area contributed by atoms with Gasteiger partial charge in [0.15, 0.2) is 0 Å². The van der Waals surface area contributed by atoms with Crippen LogP contribution in [0.4, 0.5) is 0 Å². The second-order valence-electron chi connectivity index (χ2n) is 5.86. The lowest BCUT2D eigenvalue weighted by atomic mass is 10.1. The summed E-state index contributed by atoms with van der Waals surface area (Å²) < 4.78 is 0. The molecule has 1 atom stereocenters. The Labute approximate surface area is 165 Å². The van der Waals surface area contributed by atoms with Gasteiger partial charge in [-0.15, -0.1) is 22.7 Å². The Morgan fingerprint density at radius 3 is 2.41 bits per heavy atom. The van der Waals surface area contributed by atoms with Gasteiger partial charge in [0.2, 0.25) is 5.78 Å². The molecular formula is C20H18N2O3S2. The maximum absolute atomic E-state index is 12.3. The van der Waals surface area contributed by atoms with Crippen molar-refractivity contribution in [3.63, 3.8) is 0 Å². The standard InChI is InChI=1S/C20H18N2O3S2/c1-13(14-6-3-2-4-7-14)22-20(25)19(24)21-12-15-9-10-17(27-15)18(23)16-8-5-11-26-16/h2-11,13H,12H2,1H3,(H,21,24)(H,22,25)/t13-/m1/s1. The van der Waals surface area contributed by atoms with Crippen molar-refractivity contribution < 1.29 is 14.4 Å². The molecule has 2 heterocycles. The molecule has 0 spiro atoms. The molecule has 2 amide bonds. The Morgan fingerprint density at radius 2 is 1.70 bits per heavy atom. The number of rotatable bonds is 6. The fraction of sp³-hybridized carbons (Fsp3) is 0.150. The van der Waals surface area contributed by atoms with Crippen molar-refractivity contribution in [1.82, 2.24) is 10.6 Å². The minimum absolute atomic E-state index is 0.0259. The summed E-state index contributed by atoms with van der Waals surface area (Å²) in [5.74, 6) is -1.41. The SMILES string of the molecule is C[C@@H](NC(=O)C(=O)NCc1ccc(C(=O)c2cccs2)s1)c1ccccc1. The number of ketones is 1. The van der Waals surface area contributed by atoms with Crippen LogP contribution in [0, 0.1) is 0 Å². The average molecular weight is 399 g/mol. The highest BCUT2D eigenvalue weighted by atomic mass is 32.1. The van der Waals surface area contributed by atoms with Crippen LogP contribution >= 0.6 is 22.7 Å². The smallest absolute Gasteiger partial charge is 0.309 e. The summed E-state index contributed by atoms with van der Waals surface area (Å²) in [5.41, 5.74) is 0.925. The predicted octanol–water partition coefficient (Wildman–Crippen LogP) is 3.53. The highest BCUT2D eigenvalue weighted by molar-refractivity contribution is 7.16. The highest BCUT2D eigenvalue weighted by Gasteiger charge is 2.18. The second kappa shape index (κ2) is 8.75. The second-order valence-corrected chi connectivity index (χ2v) is 7.98. The Balaban J connectivity index is 1.52. The molecule has 3 rings (SSSR count). The molecule has 1 aromatic carbocycles. The Kier molecular flexibility index (Phi) is 6.16. The van der Waals surface area contributed by atoms with Crippen molar-refractivity contribution in [3.8, 4) is 0 Å². The third-order valence-electron chi connectivity index (χ3n) is 3.91. The lowest BCUT2D eigenvalue weighted by molar-refractivity contribution is -0.139. The molecule has 0 saturated carbocycles. The minimum Gasteiger partial charge on any atom is -0.343 e. The summed E-state index contributed by atoms with van der Waals surface area (Å²) in [6.45, 7) is 2.02. The van der Waals surface area contributed by atoms with Gasteiger partial charge < -0.3 is 10.6 Å². The van der Waals surface area contributed by atoms with Gasteiger partial charge in [0.05, 0.1) is 22.3 Å². The van der Waals surface area contributed by atoms with E-state index in [1.807, 2.05) is 48.7 Å². The monoisotopic (exact) mass is 398 g/mol. The average Bonchev–Trinajstić information content (AvgIpc) is 3.38. The lowest BCUT2D eigenvalue weighted by Crippen LogP contribution is -2.40. The predicted molar refractivity (Wildman–Crippen MR) is 107 cm³/mol. The van der Waals surface area contributed by atoms with Crippen molar-refractivity contribution >= 4 is 40.3 Å².